The fourth-order valence-corrected chi connectivity index (χ4v) is 4.11. The maximum atomic E-state index is 12.6. The fraction of sp³-hybridized carbons (Fsp3) is 0.125. The van der Waals surface area contributed by atoms with Gasteiger partial charge in [0.15, 0.2) is 0 Å². The number of non-ortho nitro benzene ring substituents is 1. The molecule has 0 fully saturated rings. The van der Waals surface area contributed by atoms with E-state index in [0.717, 1.165) is 10.5 Å². The molecule has 13 heteroatoms. The van der Waals surface area contributed by atoms with Crippen molar-refractivity contribution in [2.45, 2.75) is 4.90 Å². The van der Waals surface area contributed by atoms with Crippen LogP contribution in [0.25, 0.3) is 0 Å². The second-order valence-electron chi connectivity index (χ2n) is 5.59. The van der Waals surface area contributed by atoms with E-state index in [1.165, 1.54) is 43.4 Å². The number of carbonyl (C=O) groups is 1. The molecule has 1 N–H and O–H groups in total. The average molecular weight is 480 g/mol. The number of sulfonamides is 1. The first-order valence-corrected chi connectivity index (χ1v) is 10.3. The predicted octanol–water partition coefficient (Wildman–Crippen LogP) is 3.33. The van der Waals surface area contributed by atoms with Gasteiger partial charge in [-0.2, -0.15) is 9.41 Å². The third-order valence-electron chi connectivity index (χ3n) is 3.53. The Labute approximate surface area is 181 Å². The molecule has 0 aromatic heterocycles. The van der Waals surface area contributed by atoms with Crippen molar-refractivity contribution in [2.24, 2.45) is 5.10 Å². The number of nitro benzene ring substituents is 1. The van der Waals surface area contributed by atoms with Gasteiger partial charge in [0.25, 0.3) is 11.6 Å². The molecular weight excluding hydrogens is 467 g/mol. The largest absolute Gasteiger partial charge is 0.272 e. The second kappa shape index (κ2) is 9.51. The van der Waals surface area contributed by atoms with Crippen LogP contribution in [0.1, 0.15) is 5.56 Å². The topological polar surface area (TPSA) is 122 Å². The Kier molecular flexibility index (Phi) is 7.55. The van der Waals surface area contributed by atoms with Crippen LogP contribution in [0.15, 0.2) is 46.4 Å². The Balaban J connectivity index is 2.07. The molecule has 154 valence electrons. The van der Waals surface area contributed by atoms with E-state index < -0.39 is 27.4 Å². The minimum absolute atomic E-state index is 0.0417. The van der Waals surface area contributed by atoms with Crippen molar-refractivity contribution in [3.63, 3.8) is 0 Å². The van der Waals surface area contributed by atoms with Gasteiger partial charge in [-0.25, -0.2) is 13.8 Å². The summed E-state index contributed by atoms with van der Waals surface area (Å²) in [5.74, 6) is -0.757. The fourth-order valence-electron chi connectivity index (χ4n) is 2.08. The summed E-state index contributed by atoms with van der Waals surface area (Å²) in [5, 5.41) is 14.7. The number of halogens is 3. The van der Waals surface area contributed by atoms with Crippen LogP contribution in [-0.2, 0) is 14.8 Å². The zero-order valence-electron chi connectivity index (χ0n) is 14.7. The van der Waals surface area contributed by atoms with Crippen LogP contribution >= 0.6 is 34.8 Å². The maximum absolute atomic E-state index is 12.6. The zero-order chi connectivity index (χ0) is 21.8. The molecule has 0 atom stereocenters. The molecule has 0 spiro atoms. The van der Waals surface area contributed by atoms with Gasteiger partial charge in [0.1, 0.15) is 4.90 Å². The van der Waals surface area contributed by atoms with Crippen LogP contribution in [-0.4, -0.2) is 43.4 Å². The molecule has 0 heterocycles. The number of hydrogen-bond donors (Lipinski definition) is 1. The molecule has 0 unspecified atom stereocenters. The van der Waals surface area contributed by atoms with Gasteiger partial charge in [-0.15, -0.1) is 0 Å². The summed E-state index contributed by atoms with van der Waals surface area (Å²) < 4.78 is 25.9. The predicted molar refractivity (Wildman–Crippen MR) is 110 cm³/mol. The molecule has 2 aromatic carbocycles. The van der Waals surface area contributed by atoms with Crippen molar-refractivity contribution in [1.82, 2.24) is 9.73 Å². The van der Waals surface area contributed by atoms with Crippen LogP contribution in [0.3, 0.4) is 0 Å². The van der Waals surface area contributed by atoms with E-state index in [-0.39, 0.29) is 31.2 Å². The number of hydrogen-bond acceptors (Lipinski definition) is 6. The number of nitro groups is 1. The third-order valence-corrected chi connectivity index (χ3v) is 6.40. The van der Waals surface area contributed by atoms with Crippen LogP contribution in [0.4, 0.5) is 5.69 Å². The smallest absolute Gasteiger partial charge is 0.270 e. The van der Waals surface area contributed by atoms with Crippen molar-refractivity contribution in [2.75, 3.05) is 13.6 Å². The van der Waals surface area contributed by atoms with Gasteiger partial charge in [0, 0.05) is 34.8 Å². The zero-order valence-corrected chi connectivity index (χ0v) is 17.8. The molecule has 0 saturated carbocycles. The summed E-state index contributed by atoms with van der Waals surface area (Å²) in [6.45, 7) is -0.564. The van der Waals surface area contributed by atoms with E-state index in [2.05, 4.69) is 10.5 Å². The molecule has 0 radical (unpaired) electrons. The SMILES string of the molecule is CN(CC(=O)N/N=C\c1cc([N+](=O)[O-])ccc1Cl)S(=O)(=O)c1cc(Cl)ccc1Cl. The summed E-state index contributed by atoms with van der Waals surface area (Å²) in [4.78, 5) is 21.9. The van der Waals surface area contributed by atoms with Crippen molar-refractivity contribution >= 4 is 62.6 Å². The lowest BCUT2D eigenvalue weighted by Crippen LogP contribution is -2.36. The van der Waals surface area contributed by atoms with Gasteiger partial charge in [0.05, 0.1) is 22.7 Å². The van der Waals surface area contributed by atoms with E-state index in [1.807, 2.05) is 0 Å². The van der Waals surface area contributed by atoms with Crippen LogP contribution in [0, 0.1) is 10.1 Å². The highest BCUT2D eigenvalue weighted by molar-refractivity contribution is 7.89. The van der Waals surface area contributed by atoms with Gasteiger partial charge >= 0.3 is 0 Å². The van der Waals surface area contributed by atoms with Crippen molar-refractivity contribution in [3.8, 4) is 0 Å². The van der Waals surface area contributed by atoms with Crippen molar-refractivity contribution in [3.05, 3.63) is 67.1 Å². The molecule has 1 amide bonds. The molecule has 2 aromatic rings. The number of benzene rings is 2. The number of amides is 1. The second-order valence-corrected chi connectivity index (χ2v) is 8.86. The van der Waals surface area contributed by atoms with Crippen LogP contribution < -0.4 is 5.43 Å². The standard InChI is InChI=1S/C16H13Cl3N4O5S/c1-22(29(27,28)15-7-11(17)2-4-14(15)19)9-16(24)21-20-8-10-6-12(23(25)26)3-5-13(10)18/h2-8H,9H2,1H3,(H,21,24)/b20-8-. The molecular formula is C16H13Cl3N4O5S. The molecule has 0 aliphatic rings. The minimum Gasteiger partial charge on any atom is -0.272 e. The summed E-state index contributed by atoms with van der Waals surface area (Å²) in [5.41, 5.74) is 2.12. The van der Waals surface area contributed by atoms with Gasteiger partial charge in [-0.05, 0) is 24.3 Å². The van der Waals surface area contributed by atoms with Gasteiger partial charge in [0.2, 0.25) is 10.0 Å². The molecule has 9 nitrogen and oxygen atoms in total. The monoisotopic (exact) mass is 478 g/mol. The van der Waals surface area contributed by atoms with Crippen molar-refractivity contribution < 1.29 is 18.1 Å². The molecule has 2 rings (SSSR count). The lowest BCUT2D eigenvalue weighted by atomic mass is 10.2. The summed E-state index contributed by atoms with van der Waals surface area (Å²) in [6, 6.07) is 7.66. The highest BCUT2D eigenvalue weighted by Crippen LogP contribution is 2.27. The van der Waals surface area contributed by atoms with E-state index >= 15 is 0 Å². The summed E-state index contributed by atoms with van der Waals surface area (Å²) >= 11 is 17.6. The number of carbonyl (C=O) groups excluding carboxylic acids is 1. The van der Waals surface area contributed by atoms with Crippen molar-refractivity contribution in [1.29, 1.82) is 0 Å². The summed E-state index contributed by atoms with van der Waals surface area (Å²) in [6.07, 6.45) is 1.11. The number of rotatable bonds is 7. The highest BCUT2D eigenvalue weighted by atomic mass is 35.5. The Morgan fingerprint density at radius 2 is 1.86 bits per heavy atom. The van der Waals surface area contributed by atoms with E-state index in [0.29, 0.717) is 0 Å². The molecule has 0 aliphatic heterocycles. The first-order valence-electron chi connectivity index (χ1n) is 7.69. The number of nitrogens with zero attached hydrogens (tertiary/aromatic N) is 3. The average Bonchev–Trinajstić information content (AvgIpc) is 2.64. The molecule has 0 saturated heterocycles. The van der Waals surface area contributed by atoms with Gasteiger partial charge in [-0.3, -0.25) is 14.9 Å². The number of nitrogens with one attached hydrogen (secondary N) is 1. The molecule has 0 bridgehead atoms. The Morgan fingerprint density at radius 3 is 2.52 bits per heavy atom. The summed E-state index contributed by atoms with van der Waals surface area (Å²) in [7, 11) is -2.89. The normalized spacial score (nSPS) is 11.8. The Bertz CT molecular complexity index is 1090. The lowest BCUT2D eigenvalue weighted by Gasteiger charge is -2.17. The van der Waals surface area contributed by atoms with Crippen LogP contribution in [0.5, 0.6) is 0 Å². The maximum Gasteiger partial charge on any atom is 0.270 e. The molecule has 0 aliphatic carbocycles. The number of likely N-dealkylation sites (N-methyl/N-ethyl adjacent to an activating group) is 1. The van der Waals surface area contributed by atoms with Gasteiger partial charge < -0.3 is 0 Å². The minimum atomic E-state index is -4.08. The highest BCUT2D eigenvalue weighted by Gasteiger charge is 2.25. The van der Waals surface area contributed by atoms with Crippen LogP contribution in [0.2, 0.25) is 15.1 Å². The Morgan fingerprint density at radius 1 is 1.21 bits per heavy atom. The quantitative estimate of drug-likeness (QED) is 0.371. The molecule has 29 heavy (non-hydrogen) atoms. The first-order chi connectivity index (χ1) is 13.5. The number of hydrazone groups is 1. The first kappa shape index (κ1) is 23.0. The van der Waals surface area contributed by atoms with E-state index in [4.69, 9.17) is 34.8 Å². The van der Waals surface area contributed by atoms with Gasteiger partial charge in [-0.1, -0.05) is 34.8 Å². The lowest BCUT2D eigenvalue weighted by molar-refractivity contribution is -0.384. The Hall–Kier alpha value is -2.24. The third kappa shape index (κ3) is 5.87. The van der Waals surface area contributed by atoms with E-state index in [9.17, 15) is 23.3 Å². The van der Waals surface area contributed by atoms with E-state index in [1.54, 1.807) is 0 Å².